The van der Waals surface area contributed by atoms with E-state index in [4.69, 9.17) is 14.2 Å². The highest BCUT2D eigenvalue weighted by atomic mass is 16.7. The second-order valence-corrected chi connectivity index (χ2v) is 4.15. The van der Waals surface area contributed by atoms with Gasteiger partial charge in [-0.1, -0.05) is 5.92 Å². The van der Waals surface area contributed by atoms with Crippen LogP contribution in [0, 0.1) is 22.0 Å². The van der Waals surface area contributed by atoms with Gasteiger partial charge in [0, 0.05) is 32.3 Å². The van der Waals surface area contributed by atoms with Crippen LogP contribution in [0.5, 0.6) is 5.75 Å². The van der Waals surface area contributed by atoms with Crippen LogP contribution in [-0.4, -0.2) is 30.5 Å². The van der Waals surface area contributed by atoms with E-state index >= 15 is 0 Å². The van der Waals surface area contributed by atoms with Gasteiger partial charge in [0.05, 0.1) is 4.92 Å². The molecule has 0 N–H and O–H groups in total. The highest BCUT2D eigenvalue weighted by molar-refractivity contribution is 5.36. The van der Waals surface area contributed by atoms with E-state index in [2.05, 4.69) is 11.8 Å². The summed E-state index contributed by atoms with van der Waals surface area (Å²) in [6.45, 7) is 6.62. The number of nitrogens with zero attached hydrogens (tertiary/aromatic N) is 1. The predicted molar refractivity (Wildman–Crippen MR) is 78.0 cm³/mol. The zero-order valence-electron chi connectivity index (χ0n) is 12.4. The standard InChI is InChI=1S/C15H19NO5/c1-4-20-15(3,21-5-2)11-6-12-19-14-9-7-13(8-10-14)16(17)18/h7-10H,4-5,12H2,1-3H3. The molecular formula is C15H19NO5. The van der Waals surface area contributed by atoms with E-state index in [-0.39, 0.29) is 12.3 Å². The first-order chi connectivity index (χ1) is 10.0. The van der Waals surface area contributed by atoms with Gasteiger partial charge in [-0.2, -0.15) is 0 Å². The molecule has 0 radical (unpaired) electrons. The maximum Gasteiger partial charge on any atom is 0.269 e. The van der Waals surface area contributed by atoms with Crippen molar-refractivity contribution in [1.82, 2.24) is 0 Å². The molecule has 0 fully saturated rings. The summed E-state index contributed by atoms with van der Waals surface area (Å²) in [5, 5.41) is 10.5. The number of rotatable bonds is 7. The summed E-state index contributed by atoms with van der Waals surface area (Å²) in [5.41, 5.74) is 0.0219. The van der Waals surface area contributed by atoms with Gasteiger partial charge >= 0.3 is 0 Å². The van der Waals surface area contributed by atoms with Crippen molar-refractivity contribution in [2.75, 3.05) is 19.8 Å². The first kappa shape index (κ1) is 17.0. The highest BCUT2D eigenvalue weighted by Crippen LogP contribution is 2.17. The van der Waals surface area contributed by atoms with Crippen molar-refractivity contribution in [3.63, 3.8) is 0 Å². The largest absolute Gasteiger partial charge is 0.481 e. The monoisotopic (exact) mass is 293 g/mol. The fraction of sp³-hybridized carbons (Fsp3) is 0.467. The van der Waals surface area contributed by atoms with Crippen LogP contribution in [0.2, 0.25) is 0 Å². The lowest BCUT2D eigenvalue weighted by Gasteiger charge is -2.22. The molecule has 114 valence electrons. The highest BCUT2D eigenvalue weighted by Gasteiger charge is 2.21. The minimum Gasteiger partial charge on any atom is -0.481 e. The van der Waals surface area contributed by atoms with Crippen LogP contribution in [0.3, 0.4) is 0 Å². The summed E-state index contributed by atoms with van der Waals surface area (Å²) in [6, 6.07) is 5.83. The van der Waals surface area contributed by atoms with E-state index in [0.717, 1.165) is 0 Å². The average molecular weight is 293 g/mol. The van der Waals surface area contributed by atoms with Crippen molar-refractivity contribution < 1.29 is 19.1 Å². The average Bonchev–Trinajstić information content (AvgIpc) is 2.45. The maximum atomic E-state index is 10.5. The van der Waals surface area contributed by atoms with E-state index in [1.807, 2.05) is 13.8 Å². The minimum absolute atomic E-state index is 0.0219. The second-order valence-electron chi connectivity index (χ2n) is 4.15. The van der Waals surface area contributed by atoms with Crippen LogP contribution in [0.15, 0.2) is 24.3 Å². The topological polar surface area (TPSA) is 70.8 Å². The van der Waals surface area contributed by atoms with E-state index in [1.54, 1.807) is 6.92 Å². The molecular weight excluding hydrogens is 274 g/mol. The van der Waals surface area contributed by atoms with Gasteiger partial charge in [0.2, 0.25) is 5.79 Å². The zero-order valence-corrected chi connectivity index (χ0v) is 12.4. The van der Waals surface area contributed by atoms with Crippen LogP contribution in [0.1, 0.15) is 20.8 Å². The molecule has 0 saturated carbocycles. The predicted octanol–water partition coefficient (Wildman–Crippen LogP) is 2.77. The Hall–Kier alpha value is -2.10. The van der Waals surface area contributed by atoms with Crippen LogP contribution in [-0.2, 0) is 9.47 Å². The molecule has 6 heteroatoms. The summed E-state index contributed by atoms with van der Waals surface area (Å²) in [6.07, 6.45) is 0. The molecule has 0 aliphatic rings. The number of hydrogen-bond donors (Lipinski definition) is 0. The van der Waals surface area contributed by atoms with Gasteiger partial charge in [-0.15, -0.1) is 0 Å². The van der Waals surface area contributed by atoms with Crippen molar-refractivity contribution in [2.45, 2.75) is 26.6 Å². The minimum atomic E-state index is -0.942. The number of hydrogen-bond acceptors (Lipinski definition) is 5. The third-order valence-corrected chi connectivity index (χ3v) is 2.51. The zero-order chi connectivity index (χ0) is 15.7. The van der Waals surface area contributed by atoms with Gasteiger partial charge in [0.25, 0.3) is 5.69 Å². The molecule has 1 rings (SSSR count). The number of nitro groups is 1. The lowest BCUT2D eigenvalue weighted by Crippen LogP contribution is -2.30. The summed E-state index contributed by atoms with van der Waals surface area (Å²) < 4.78 is 16.3. The van der Waals surface area contributed by atoms with E-state index < -0.39 is 10.7 Å². The molecule has 0 unspecified atom stereocenters. The molecule has 6 nitrogen and oxygen atoms in total. The Labute approximate surface area is 124 Å². The first-order valence-corrected chi connectivity index (χ1v) is 6.66. The number of nitro benzene ring substituents is 1. The number of benzene rings is 1. The van der Waals surface area contributed by atoms with Crippen molar-refractivity contribution in [3.05, 3.63) is 34.4 Å². The fourth-order valence-electron chi connectivity index (χ4n) is 1.64. The first-order valence-electron chi connectivity index (χ1n) is 6.66. The van der Waals surface area contributed by atoms with Crippen molar-refractivity contribution in [3.8, 4) is 17.6 Å². The van der Waals surface area contributed by atoms with Crippen LogP contribution in [0.25, 0.3) is 0 Å². The smallest absolute Gasteiger partial charge is 0.269 e. The second kappa shape index (κ2) is 8.25. The molecule has 0 heterocycles. The third-order valence-electron chi connectivity index (χ3n) is 2.51. The lowest BCUT2D eigenvalue weighted by molar-refractivity contribution is -0.384. The SMILES string of the molecule is CCOC(C)(C#CCOc1ccc([N+](=O)[O-])cc1)OCC. The Balaban J connectivity index is 2.56. The molecule has 0 amide bonds. The third kappa shape index (κ3) is 5.81. The summed E-state index contributed by atoms with van der Waals surface area (Å²) in [7, 11) is 0. The molecule has 1 aromatic carbocycles. The lowest BCUT2D eigenvalue weighted by atomic mass is 10.3. The van der Waals surface area contributed by atoms with Crippen molar-refractivity contribution >= 4 is 5.69 Å². The van der Waals surface area contributed by atoms with Crippen LogP contribution in [0.4, 0.5) is 5.69 Å². The maximum absolute atomic E-state index is 10.5. The molecule has 21 heavy (non-hydrogen) atoms. The molecule has 0 spiro atoms. The Bertz CT molecular complexity index is 509. The molecule has 0 saturated heterocycles. The van der Waals surface area contributed by atoms with Crippen LogP contribution < -0.4 is 4.74 Å². The molecule has 0 aliphatic carbocycles. The van der Waals surface area contributed by atoms with Gasteiger partial charge < -0.3 is 14.2 Å². The molecule has 0 atom stereocenters. The normalized spacial score (nSPS) is 10.6. The van der Waals surface area contributed by atoms with E-state index in [9.17, 15) is 10.1 Å². The molecule has 0 aromatic heterocycles. The van der Waals surface area contributed by atoms with Gasteiger partial charge in [-0.3, -0.25) is 10.1 Å². The Morgan fingerprint density at radius 2 is 1.76 bits per heavy atom. The molecule has 0 aliphatic heterocycles. The van der Waals surface area contributed by atoms with Crippen molar-refractivity contribution in [1.29, 1.82) is 0 Å². The quantitative estimate of drug-likeness (QED) is 0.334. The number of non-ortho nitro benzene ring substituents is 1. The fourth-order valence-corrected chi connectivity index (χ4v) is 1.64. The van der Waals surface area contributed by atoms with Gasteiger partial charge in [0.1, 0.15) is 12.4 Å². The van der Waals surface area contributed by atoms with Gasteiger partial charge in [-0.25, -0.2) is 0 Å². The Morgan fingerprint density at radius 1 is 1.19 bits per heavy atom. The Morgan fingerprint density at radius 3 is 2.24 bits per heavy atom. The van der Waals surface area contributed by atoms with Crippen LogP contribution >= 0.6 is 0 Å². The molecule has 1 aromatic rings. The molecule has 0 bridgehead atoms. The van der Waals surface area contributed by atoms with Crippen molar-refractivity contribution in [2.24, 2.45) is 0 Å². The number of ether oxygens (including phenoxy) is 3. The van der Waals surface area contributed by atoms with E-state index in [0.29, 0.717) is 19.0 Å². The van der Waals surface area contributed by atoms with E-state index in [1.165, 1.54) is 24.3 Å². The summed E-state index contributed by atoms with van der Waals surface area (Å²) in [5.74, 6) is 5.27. The van der Waals surface area contributed by atoms with Gasteiger partial charge in [0.15, 0.2) is 0 Å². The van der Waals surface area contributed by atoms with Gasteiger partial charge in [-0.05, 0) is 31.9 Å². The summed E-state index contributed by atoms with van der Waals surface area (Å²) in [4.78, 5) is 10.1. The Kier molecular flexibility index (Phi) is 6.66. The summed E-state index contributed by atoms with van der Waals surface area (Å²) >= 11 is 0.